The molecule has 2 rings (SSSR count). The monoisotopic (exact) mass is 690 g/mol. The highest BCUT2D eigenvalue weighted by Crippen LogP contribution is 2.01. The number of H-pyrrole nitrogens is 1. The molecule has 18 nitrogen and oxygen atoms in total. The lowest BCUT2D eigenvalue weighted by atomic mass is 10.1. The molecule has 19 heteroatoms. The van der Waals surface area contributed by atoms with Crippen LogP contribution in [0.25, 0.3) is 0 Å². The van der Waals surface area contributed by atoms with Gasteiger partial charge in [0.1, 0.15) is 24.2 Å². The zero-order valence-corrected chi connectivity index (χ0v) is 27.1. The average molecular weight is 691 g/mol. The van der Waals surface area contributed by atoms with Crippen molar-refractivity contribution in [3.05, 3.63) is 54.1 Å². The molecule has 1 aromatic heterocycles. The molecule has 0 radical (unpaired) electrons. The number of thioether (sulfide) groups is 1. The van der Waals surface area contributed by atoms with Crippen molar-refractivity contribution in [2.75, 3.05) is 25.1 Å². The number of carbonyl (C=O) groups is 5. The van der Waals surface area contributed by atoms with Crippen LogP contribution >= 0.6 is 11.8 Å². The minimum absolute atomic E-state index is 0.278. The molecular weight excluding hydrogens is 640 g/mol. The van der Waals surface area contributed by atoms with Gasteiger partial charge in [-0.05, 0) is 49.8 Å². The Morgan fingerprint density at radius 1 is 0.745 bits per heavy atom. The Labute approximate surface area is 277 Å². The number of nitrogens with zero attached hydrogens (tertiary/aromatic N) is 1. The molecule has 0 bridgehead atoms. The minimum atomic E-state index is -1.00. The third-order valence-corrected chi connectivity index (χ3v) is 5.98. The minimum Gasteiger partial charge on any atom is -0.480 e. The highest BCUT2D eigenvalue weighted by molar-refractivity contribution is 7.98. The fraction of sp³-hybridized carbons (Fsp3) is 0.500. The normalized spacial score (nSPS) is 12.2. The van der Waals surface area contributed by atoms with E-state index in [9.17, 15) is 24.0 Å². The summed E-state index contributed by atoms with van der Waals surface area (Å²) in [5.41, 5.74) is 32.5. The number of rotatable bonds is 16. The van der Waals surface area contributed by atoms with Crippen molar-refractivity contribution in [3.63, 3.8) is 0 Å². The zero-order valence-electron chi connectivity index (χ0n) is 26.3. The van der Waals surface area contributed by atoms with Gasteiger partial charge in [-0.15, -0.1) is 0 Å². The Hall–Kier alpha value is -4.11. The van der Waals surface area contributed by atoms with Crippen LogP contribution in [0.1, 0.15) is 36.9 Å². The number of hydrogen-bond acceptors (Lipinski definition) is 13. The lowest BCUT2D eigenvalue weighted by Gasteiger charge is -2.04. The van der Waals surface area contributed by atoms with Crippen molar-refractivity contribution in [1.82, 2.24) is 9.97 Å². The molecule has 0 amide bonds. The fourth-order valence-corrected chi connectivity index (χ4v) is 3.17. The van der Waals surface area contributed by atoms with E-state index in [-0.39, 0.29) is 13.0 Å². The average Bonchev–Trinajstić information content (AvgIpc) is 3.54. The number of unbranched alkanes of at least 4 members (excludes halogenated alkanes) is 1. The van der Waals surface area contributed by atoms with Crippen LogP contribution < -0.4 is 34.4 Å². The molecular formula is C28H50N8O10S. The molecule has 0 aliphatic carbocycles. The summed E-state index contributed by atoms with van der Waals surface area (Å²) in [6, 6.07) is 6.29. The number of aromatic amines is 1. The van der Waals surface area contributed by atoms with Crippen LogP contribution in [0.15, 0.2) is 42.9 Å². The summed E-state index contributed by atoms with van der Waals surface area (Å²) in [7, 11) is 0. The molecule has 0 saturated heterocycles. The maximum atomic E-state index is 10.4. The Bertz CT molecular complexity index is 1110. The predicted molar refractivity (Wildman–Crippen MR) is 177 cm³/mol. The molecule has 0 aliphatic rings. The first-order valence-corrected chi connectivity index (χ1v) is 15.5. The van der Waals surface area contributed by atoms with E-state index in [0.29, 0.717) is 25.8 Å². The van der Waals surface area contributed by atoms with E-state index in [2.05, 4.69) is 15.7 Å². The molecule has 1 heterocycles. The van der Waals surface area contributed by atoms with Crippen LogP contribution in [0, 0.1) is 0 Å². The Balaban J connectivity index is -0.000000527. The Morgan fingerprint density at radius 2 is 1.21 bits per heavy atom. The van der Waals surface area contributed by atoms with Gasteiger partial charge in [0, 0.05) is 18.3 Å². The number of hydrogen-bond donors (Lipinski definition) is 12. The van der Waals surface area contributed by atoms with E-state index in [1.807, 2.05) is 36.6 Å². The fourth-order valence-electron chi connectivity index (χ4n) is 2.68. The molecule has 1 aromatic carbocycles. The second-order valence-corrected chi connectivity index (χ2v) is 10.4. The van der Waals surface area contributed by atoms with Crippen LogP contribution in [0.4, 0.5) is 0 Å². The summed E-state index contributed by atoms with van der Waals surface area (Å²) < 4.78 is 0. The Morgan fingerprint density at radius 3 is 1.60 bits per heavy atom. The second-order valence-electron chi connectivity index (χ2n) is 9.41. The summed E-state index contributed by atoms with van der Waals surface area (Å²) in [5, 5.41) is 41.1. The van der Waals surface area contributed by atoms with Gasteiger partial charge in [-0.1, -0.05) is 36.8 Å². The van der Waals surface area contributed by atoms with Crippen molar-refractivity contribution in [2.24, 2.45) is 34.4 Å². The first-order valence-electron chi connectivity index (χ1n) is 14.1. The summed E-state index contributed by atoms with van der Waals surface area (Å²) in [4.78, 5) is 56.6. The van der Waals surface area contributed by atoms with Gasteiger partial charge in [0.25, 0.3) is 0 Å². The highest BCUT2D eigenvalue weighted by Gasteiger charge is 2.13. The number of aliphatic carboxylic acids is 5. The number of carboxylic acids is 5. The van der Waals surface area contributed by atoms with Gasteiger partial charge in [-0.2, -0.15) is 11.8 Å². The first kappa shape index (κ1) is 47.3. The molecule has 0 spiro atoms. The van der Waals surface area contributed by atoms with Crippen LogP contribution in [-0.4, -0.2) is 115 Å². The van der Waals surface area contributed by atoms with E-state index in [4.69, 9.17) is 54.2 Å². The van der Waals surface area contributed by atoms with Gasteiger partial charge in [0.05, 0.1) is 12.9 Å². The maximum absolute atomic E-state index is 10.4. The molecule has 4 atom stereocenters. The third kappa shape index (κ3) is 31.7. The van der Waals surface area contributed by atoms with Crippen molar-refractivity contribution >= 4 is 41.6 Å². The van der Waals surface area contributed by atoms with Crippen LogP contribution in [-0.2, 0) is 36.8 Å². The lowest BCUT2D eigenvalue weighted by Crippen LogP contribution is -2.32. The van der Waals surface area contributed by atoms with Gasteiger partial charge in [-0.3, -0.25) is 24.0 Å². The number of carboxylic acid groups (broad SMARTS) is 5. The van der Waals surface area contributed by atoms with E-state index in [1.165, 1.54) is 6.33 Å². The van der Waals surface area contributed by atoms with Crippen LogP contribution in [0.5, 0.6) is 0 Å². The van der Waals surface area contributed by atoms with E-state index in [0.717, 1.165) is 29.9 Å². The third-order valence-electron chi connectivity index (χ3n) is 5.34. The molecule has 0 fully saturated rings. The maximum Gasteiger partial charge on any atom is 0.320 e. The summed E-state index contributed by atoms with van der Waals surface area (Å²) in [6.07, 6.45) is 8.36. The first-order chi connectivity index (χ1) is 22.0. The lowest BCUT2D eigenvalue weighted by molar-refractivity contribution is -0.139. The second kappa shape index (κ2) is 30.5. The van der Waals surface area contributed by atoms with Gasteiger partial charge in [0.2, 0.25) is 0 Å². The summed E-state index contributed by atoms with van der Waals surface area (Å²) >= 11 is 1.60. The molecule has 0 unspecified atom stereocenters. The number of benzene rings is 1. The zero-order chi connectivity index (χ0) is 36.8. The predicted octanol–water partition coefficient (Wildman–Crippen LogP) is -1.29. The van der Waals surface area contributed by atoms with Crippen molar-refractivity contribution in [1.29, 1.82) is 0 Å². The number of imidazole rings is 1. The SMILES string of the molecule is CSCC[C@H](N)C(=O)O.NCC(=O)O.NCCCC[C@H](N)C(=O)O.N[C@@H](Cc1ccccc1)C(=O)O.N[C@@H](Cc1cnc[nH]1)C(=O)O. The molecule has 0 aliphatic heterocycles. The van der Waals surface area contributed by atoms with Crippen LogP contribution in [0.3, 0.4) is 0 Å². The smallest absolute Gasteiger partial charge is 0.320 e. The number of nitrogens with two attached hydrogens (primary N) is 6. The van der Waals surface area contributed by atoms with Crippen molar-refractivity contribution < 1.29 is 49.5 Å². The summed E-state index contributed by atoms with van der Waals surface area (Å²) in [6.45, 7) is 0.326. The molecule has 0 saturated carbocycles. The van der Waals surface area contributed by atoms with E-state index in [1.54, 1.807) is 18.0 Å². The van der Waals surface area contributed by atoms with Gasteiger partial charge < -0.3 is 64.9 Å². The van der Waals surface area contributed by atoms with Crippen molar-refractivity contribution in [3.8, 4) is 0 Å². The van der Waals surface area contributed by atoms with Crippen molar-refractivity contribution in [2.45, 2.75) is 62.7 Å². The van der Waals surface area contributed by atoms with E-state index >= 15 is 0 Å². The molecule has 18 N–H and O–H groups in total. The Kier molecular flexibility index (Phi) is 30.7. The van der Waals surface area contributed by atoms with Crippen LogP contribution in [0.2, 0.25) is 0 Å². The molecule has 2 aromatic rings. The van der Waals surface area contributed by atoms with Gasteiger partial charge in [-0.25, -0.2) is 4.98 Å². The van der Waals surface area contributed by atoms with E-state index < -0.39 is 54.0 Å². The molecule has 47 heavy (non-hydrogen) atoms. The largest absolute Gasteiger partial charge is 0.480 e. The standard InChI is InChI=1S/C9H11NO2.C6H9N3O2.C6H14N2O2.C5H11NO2S.C2H5NO2/c10-8(9(11)12)6-7-4-2-1-3-5-7;7-5(6(10)11)1-4-2-8-3-9-4;7-4-2-1-3-5(8)6(9)10;1-9-3-2-4(6)5(7)8;3-1-2(4)5/h1-5,8H,6,10H2,(H,11,12);2-3,5H,1,7H2,(H,8,9)(H,10,11);5H,1-4,7-8H2,(H,9,10);4H,2-3,6H2,1H3,(H,7,8);1,3H2,(H,4,5)/t8-;2*5-;4-;/m0000./s1. The number of nitrogens with one attached hydrogen (secondary N) is 1. The van der Waals surface area contributed by atoms with Gasteiger partial charge >= 0.3 is 29.8 Å². The molecule has 268 valence electrons. The summed E-state index contributed by atoms with van der Waals surface area (Å²) in [5.74, 6) is -3.96. The number of aromatic nitrogens is 2. The quantitative estimate of drug-likeness (QED) is 0.0911. The van der Waals surface area contributed by atoms with Gasteiger partial charge in [0.15, 0.2) is 0 Å². The highest BCUT2D eigenvalue weighted by atomic mass is 32.2. The topological polar surface area (TPSA) is 371 Å².